The molecule has 4 rings (SSSR count). The first-order valence-electron chi connectivity index (χ1n) is 9.42. The number of rotatable bonds is 4. The Hall–Kier alpha value is -1.78. The second kappa shape index (κ2) is 5.61. The molecule has 0 unspecified atom stereocenters. The van der Waals surface area contributed by atoms with Gasteiger partial charge in [-0.3, -0.25) is 9.59 Å². The number of amides is 2. The minimum atomic E-state index is -0.242. The quantitative estimate of drug-likeness (QED) is 0.913. The number of nitrogens with one attached hydrogen (secondary N) is 1. The SMILES string of the molecule is CC1(C)[C@@H]2CC[C@@]1(C)[C@@H](NC(=O)[C@@H]1CC(=O)N(Cc3ccco3)C1)C2. The maximum Gasteiger partial charge on any atom is 0.225 e. The van der Waals surface area contributed by atoms with Crippen LogP contribution in [0.3, 0.4) is 0 Å². The summed E-state index contributed by atoms with van der Waals surface area (Å²) in [7, 11) is 0. The van der Waals surface area contributed by atoms with Crippen LogP contribution in [0.4, 0.5) is 0 Å². The van der Waals surface area contributed by atoms with Crippen molar-refractivity contribution in [1.82, 2.24) is 10.2 Å². The largest absolute Gasteiger partial charge is 0.467 e. The molecule has 0 aromatic carbocycles. The van der Waals surface area contributed by atoms with Crippen LogP contribution in [-0.4, -0.2) is 29.3 Å². The molecule has 1 aliphatic heterocycles. The molecule has 1 aromatic heterocycles. The van der Waals surface area contributed by atoms with E-state index in [2.05, 4.69) is 26.1 Å². The van der Waals surface area contributed by atoms with Gasteiger partial charge in [-0.05, 0) is 48.1 Å². The third-order valence-corrected chi connectivity index (χ3v) is 7.62. The van der Waals surface area contributed by atoms with Crippen LogP contribution in [0.1, 0.15) is 52.2 Å². The van der Waals surface area contributed by atoms with E-state index in [1.54, 1.807) is 11.2 Å². The van der Waals surface area contributed by atoms with Gasteiger partial charge in [-0.15, -0.1) is 0 Å². The number of carbonyl (C=O) groups is 2. The van der Waals surface area contributed by atoms with Crippen LogP contribution >= 0.6 is 0 Å². The zero-order valence-corrected chi connectivity index (χ0v) is 15.4. The summed E-state index contributed by atoms with van der Waals surface area (Å²) in [5, 5.41) is 3.31. The van der Waals surface area contributed by atoms with Crippen molar-refractivity contribution in [1.29, 1.82) is 0 Å². The molecule has 5 heteroatoms. The van der Waals surface area contributed by atoms with E-state index >= 15 is 0 Å². The molecule has 1 N–H and O–H groups in total. The summed E-state index contributed by atoms with van der Waals surface area (Å²) >= 11 is 0. The van der Waals surface area contributed by atoms with Crippen LogP contribution in [0.25, 0.3) is 0 Å². The van der Waals surface area contributed by atoms with Crippen LogP contribution in [0.15, 0.2) is 22.8 Å². The first-order chi connectivity index (χ1) is 11.8. The lowest BCUT2D eigenvalue weighted by atomic mass is 9.69. The smallest absolute Gasteiger partial charge is 0.225 e. The Labute approximate surface area is 149 Å². The zero-order chi connectivity index (χ0) is 17.8. The monoisotopic (exact) mass is 344 g/mol. The van der Waals surface area contributed by atoms with Crippen LogP contribution in [0.2, 0.25) is 0 Å². The lowest BCUT2D eigenvalue weighted by molar-refractivity contribution is -0.129. The lowest BCUT2D eigenvalue weighted by Gasteiger charge is -2.39. The van der Waals surface area contributed by atoms with Crippen molar-refractivity contribution in [2.45, 2.75) is 59.0 Å². The second-order valence-electron chi connectivity index (χ2n) is 8.93. The minimum Gasteiger partial charge on any atom is -0.467 e. The topological polar surface area (TPSA) is 62.6 Å². The van der Waals surface area contributed by atoms with Gasteiger partial charge in [0.1, 0.15) is 5.76 Å². The summed E-state index contributed by atoms with van der Waals surface area (Å²) in [5.41, 5.74) is 0.450. The van der Waals surface area contributed by atoms with Gasteiger partial charge in [0.25, 0.3) is 0 Å². The van der Waals surface area contributed by atoms with Crippen molar-refractivity contribution in [2.24, 2.45) is 22.7 Å². The molecule has 0 spiro atoms. The highest BCUT2D eigenvalue weighted by Gasteiger charge is 2.61. The minimum absolute atomic E-state index is 0.0380. The van der Waals surface area contributed by atoms with Gasteiger partial charge in [0.15, 0.2) is 0 Å². The fraction of sp³-hybridized carbons (Fsp3) is 0.700. The van der Waals surface area contributed by atoms with Gasteiger partial charge in [-0.25, -0.2) is 0 Å². The Balaban J connectivity index is 1.39. The molecular formula is C20H28N2O3. The van der Waals surface area contributed by atoms with Crippen molar-refractivity contribution < 1.29 is 14.0 Å². The van der Waals surface area contributed by atoms with Crippen molar-refractivity contribution >= 4 is 11.8 Å². The van der Waals surface area contributed by atoms with Crippen molar-refractivity contribution in [2.75, 3.05) is 6.54 Å². The number of hydrogen-bond donors (Lipinski definition) is 1. The van der Waals surface area contributed by atoms with Gasteiger partial charge in [0, 0.05) is 19.0 Å². The highest BCUT2D eigenvalue weighted by atomic mass is 16.3. The fourth-order valence-electron chi connectivity index (χ4n) is 5.40. The standard InChI is InChI=1S/C20H28N2O3/c1-19(2)14-6-7-20(19,3)16(10-14)21-18(24)13-9-17(23)22(11-13)12-15-5-4-8-25-15/h4-5,8,13-14,16H,6-7,9-12H2,1-3H3,(H,21,24)/t13-,14-,16+,20+/m1/s1. The van der Waals surface area contributed by atoms with Crippen molar-refractivity contribution in [3.63, 3.8) is 0 Å². The van der Waals surface area contributed by atoms with E-state index in [1.807, 2.05) is 12.1 Å². The molecule has 136 valence electrons. The lowest BCUT2D eigenvalue weighted by Crippen LogP contribution is -2.48. The Morgan fingerprint density at radius 2 is 2.20 bits per heavy atom. The Morgan fingerprint density at radius 1 is 1.40 bits per heavy atom. The second-order valence-corrected chi connectivity index (χ2v) is 8.93. The number of likely N-dealkylation sites (tertiary alicyclic amines) is 1. The highest BCUT2D eigenvalue weighted by molar-refractivity contribution is 5.89. The van der Waals surface area contributed by atoms with E-state index in [0.29, 0.717) is 25.4 Å². The predicted octanol–water partition coefficient (Wildman–Crippen LogP) is 2.96. The molecule has 4 atom stereocenters. The molecule has 2 bridgehead atoms. The molecule has 25 heavy (non-hydrogen) atoms. The number of hydrogen-bond acceptors (Lipinski definition) is 3. The molecular weight excluding hydrogens is 316 g/mol. The molecule has 2 amide bonds. The van der Waals surface area contributed by atoms with Gasteiger partial charge in [0.2, 0.25) is 11.8 Å². The number of nitrogens with zero attached hydrogens (tertiary/aromatic N) is 1. The maximum absolute atomic E-state index is 12.8. The molecule has 2 saturated carbocycles. The molecule has 2 heterocycles. The Morgan fingerprint density at radius 3 is 2.80 bits per heavy atom. The molecule has 0 radical (unpaired) electrons. The average Bonchev–Trinajstić information content (AvgIpc) is 3.27. The Kier molecular flexibility index (Phi) is 3.74. The van der Waals surface area contributed by atoms with E-state index < -0.39 is 0 Å². The van der Waals surface area contributed by atoms with Gasteiger partial charge in [-0.2, -0.15) is 0 Å². The first kappa shape index (κ1) is 16.7. The summed E-state index contributed by atoms with van der Waals surface area (Å²) in [5.74, 6) is 1.30. The summed E-state index contributed by atoms with van der Waals surface area (Å²) in [6, 6.07) is 3.92. The maximum atomic E-state index is 12.8. The predicted molar refractivity (Wildman–Crippen MR) is 93.4 cm³/mol. The van der Waals surface area contributed by atoms with Crippen molar-refractivity contribution in [3.05, 3.63) is 24.2 Å². The number of carbonyl (C=O) groups excluding carboxylic acids is 2. The van der Waals surface area contributed by atoms with Crippen LogP contribution in [-0.2, 0) is 16.1 Å². The van der Waals surface area contributed by atoms with Gasteiger partial charge in [-0.1, -0.05) is 20.8 Å². The van der Waals surface area contributed by atoms with Crippen LogP contribution in [0, 0.1) is 22.7 Å². The molecule has 2 aliphatic carbocycles. The zero-order valence-electron chi connectivity index (χ0n) is 15.4. The molecule has 3 fully saturated rings. The van der Waals surface area contributed by atoms with Crippen LogP contribution < -0.4 is 5.32 Å². The van der Waals surface area contributed by atoms with Gasteiger partial charge in [0.05, 0.1) is 18.7 Å². The van der Waals surface area contributed by atoms with E-state index in [9.17, 15) is 9.59 Å². The Bertz CT molecular complexity index is 681. The van der Waals surface area contributed by atoms with E-state index in [1.165, 1.54) is 12.8 Å². The molecule has 1 saturated heterocycles. The van der Waals surface area contributed by atoms with Crippen LogP contribution in [0.5, 0.6) is 0 Å². The third-order valence-electron chi connectivity index (χ3n) is 7.62. The molecule has 5 nitrogen and oxygen atoms in total. The first-order valence-corrected chi connectivity index (χ1v) is 9.42. The fourth-order valence-corrected chi connectivity index (χ4v) is 5.40. The summed E-state index contributed by atoms with van der Waals surface area (Å²) < 4.78 is 5.32. The number of fused-ring (bicyclic) bond motifs is 2. The van der Waals surface area contributed by atoms with E-state index in [0.717, 1.165) is 12.2 Å². The summed E-state index contributed by atoms with van der Waals surface area (Å²) in [6.07, 6.45) is 5.45. The highest BCUT2D eigenvalue weighted by Crippen LogP contribution is 2.65. The van der Waals surface area contributed by atoms with E-state index in [4.69, 9.17) is 4.42 Å². The molecule has 3 aliphatic rings. The normalized spacial score (nSPS) is 36.2. The van der Waals surface area contributed by atoms with Gasteiger partial charge < -0.3 is 14.6 Å². The average molecular weight is 344 g/mol. The van der Waals surface area contributed by atoms with Crippen molar-refractivity contribution in [3.8, 4) is 0 Å². The summed E-state index contributed by atoms with van der Waals surface area (Å²) in [4.78, 5) is 26.8. The molecule has 1 aromatic rings. The van der Waals surface area contributed by atoms with E-state index in [-0.39, 0.29) is 34.6 Å². The summed E-state index contributed by atoms with van der Waals surface area (Å²) in [6.45, 7) is 7.96. The number of furan rings is 1. The van der Waals surface area contributed by atoms with Gasteiger partial charge >= 0.3 is 0 Å². The third kappa shape index (κ3) is 2.51.